The molecule has 0 spiro atoms. The molecule has 1 aliphatic rings. The number of carbonyl (C=O) groups is 1. The van der Waals surface area contributed by atoms with Crippen molar-refractivity contribution in [1.82, 2.24) is 19.7 Å². The number of carbonyl (C=O) groups excluding carboxylic acids is 1. The van der Waals surface area contributed by atoms with E-state index in [-0.39, 0.29) is 18.0 Å². The third kappa shape index (κ3) is 4.44. The zero-order valence-corrected chi connectivity index (χ0v) is 20.1. The van der Waals surface area contributed by atoms with Crippen LogP contribution in [-0.4, -0.2) is 44.4 Å². The monoisotopic (exact) mass is 466 g/mol. The number of likely N-dealkylation sites (tertiary alicyclic amines) is 1. The first-order valence-electron chi connectivity index (χ1n) is 11.2. The summed E-state index contributed by atoms with van der Waals surface area (Å²) in [5.74, 6) is -0.326. The van der Waals surface area contributed by atoms with E-state index in [1.165, 1.54) is 0 Å². The Kier molecular flexibility index (Phi) is 5.35. The molecule has 6 nitrogen and oxygen atoms in total. The molecular formula is C25H27FN4O2S. The van der Waals surface area contributed by atoms with E-state index in [0.29, 0.717) is 18.6 Å². The molecule has 3 heterocycles. The third-order valence-corrected chi connectivity index (χ3v) is 6.83. The van der Waals surface area contributed by atoms with E-state index in [0.717, 1.165) is 44.6 Å². The zero-order chi connectivity index (χ0) is 23.3. The highest BCUT2D eigenvalue weighted by atomic mass is 32.1. The van der Waals surface area contributed by atoms with Crippen LogP contribution in [0.15, 0.2) is 36.5 Å². The first-order chi connectivity index (χ1) is 15.7. The Bertz CT molecular complexity index is 1350. The number of aromatic nitrogens is 3. The minimum absolute atomic E-state index is 0.121. The highest BCUT2D eigenvalue weighted by Crippen LogP contribution is 2.32. The van der Waals surface area contributed by atoms with E-state index in [1.54, 1.807) is 22.3 Å². The molecule has 2 aromatic heterocycles. The molecular weight excluding hydrogens is 439 g/mol. The van der Waals surface area contributed by atoms with Crippen LogP contribution in [0.4, 0.5) is 9.18 Å². The fourth-order valence-corrected chi connectivity index (χ4v) is 5.19. The van der Waals surface area contributed by atoms with Crippen molar-refractivity contribution in [2.45, 2.75) is 52.2 Å². The van der Waals surface area contributed by atoms with Gasteiger partial charge in [0.1, 0.15) is 11.1 Å². The lowest BCUT2D eigenvalue weighted by molar-refractivity contribution is 0.0185. The Morgan fingerprint density at radius 2 is 1.91 bits per heavy atom. The van der Waals surface area contributed by atoms with Crippen LogP contribution in [0.3, 0.4) is 0 Å². The molecule has 0 saturated carbocycles. The number of amides is 1. The van der Waals surface area contributed by atoms with Gasteiger partial charge in [0.2, 0.25) is 0 Å². The van der Waals surface area contributed by atoms with Crippen LogP contribution >= 0.6 is 11.3 Å². The Labute approximate surface area is 196 Å². The quantitative estimate of drug-likeness (QED) is 0.346. The molecule has 1 amide bonds. The molecule has 0 aliphatic carbocycles. The van der Waals surface area contributed by atoms with E-state index in [1.807, 2.05) is 56.8 Å². The molecule has 4 aromatic rings. The number of fused-ring (bicyclic) bond motifs is 2. The number of rotatable bonds is 2. The van der Waals surface area contributed by atoms with Crippen LogP contribution in [0.25, 0.3) is 32.2 Å². The van der Waals surface area contributed by atoms with E-state index in [4.69, 9.17) is 4.74 Å². The molecule has 1 fully saturated rings. The standard InChI is InChI=1S/C25H27FN4O2S/c1-15-27-21-6-5-16(13-22(21)33-15)17-11-18-14-30(28-23(18)20(26)12-17)19-7-9-29(10-8-19)24(31)32-25(2,3)4/h5-6,11-14,19H,7-10H2,1-4H3. The topological polar surface area (TPSA) is 60.2 Å². The molecule has 0 N–H and O–H groups in total. The highest BCUT2D eigenvalue weighted by molar-refractivity contribution is 7.18. The fourth-order valence-electron chi connectivity index (χ4n) is 4.32. The average Bonchev–Trinajstić information content (AvgIpc) is 3.35. The lowest BCUT2D eigenvalue weighted by Crippen LogP contribution is -2.42. The number of ether oxygens (including phenoxy) is 1. The minimum Gasteiger partial charge on any atom is -0.444 e. The van der Waals surface area contributed by atoms with Gasteiger partial charge in [-0.3, -0.25) is 4.68 Å². The third-order valence-electron chi connectivity index (χ3n) is 5.90. The van der Waals surface area contributed by atoms with Crippen molar-refractivity contribution < 1.29 is 13.9 Å². The molecule has 2 aromatic carbocycles. The summed E-state index contributed by atoms with van der Waals surface area (Å²) in [6, 6.07) is 9.71. The average molecular weight is 467 g/mol. The highest BCUT2D eigenvalue weighted by Gasteiger charge is 2.28. The number of halogens is 1. The van der Waals surface area contributed by atoms with Crippen LogP contribution < -0.4 is 0 Å². The van der Waals surface area contributed by atoms with E-state index in [2.05, 4.69) is 16.1 Å². The molecule has 0 unspecified atom stereocenters. The zero-order valence-electron chi connectivity index (χ0n) is 19.3. The number of hydrogen-bond donors (Lipinski definition) is 0. The second-order valence-corrected chi connectivity index (χ2v) is 10.9. The molecule has 8 heteroatoms. The predicted molar refractivity (Wildman–Crippen MR) is 129 cm³/mol. The van der Waals surface area contributed by atoms with Crippen LogP contribution in [-0.2, 0) is 4.74 Å². The molecule has 1 saturated heterocycles. The number of hydrogen-bond acceptors (Lipinski definition) is 5. The smallest absolute Gasteiger partial charge is 0.410 e. The lowest BCUT2D eigenvalue weighted by Gasteiger charge is -2.33. The summed E-state index contributed by atoms with van der Waals surface area (Å²) in [7, 11) is 0. The molecule has 172 valence electrons. The van der Waals surface area contributed by atoms with Gasteiger partial charge in [-0.15, -0.1) is 11.3 Å². The summed E-state index contributed by atoms with van der Waals surface area (Å²) in [5.41, 5.74) is 2.63. The summed E-state index contributed by atoms with van der Waals surface area (Å²) in [6.45, 7) is 8.78. The summed E-state index contributed by atoms with van der Waals surface area (Å²) in [4.78, 5) is 18.6. The predicted octanol–water partition coefficient (Wildman–Crippen LogP) is 6.33. The van der Waals surface area contributed by atoms with Gasteiger partial charge in [-0.05, 0) is 75.9 Å². The van der Waals surface area contributed by atoms with Gasteiger partial charge in [-0.2, -0.15) is 5.10 Å². The molecule has 0 atom stereocenters. The molecule has 1 aliphatic heterocycles. The number of piperidine rings is 1. The van der Waals surface area contributed by atoms with Gasteiger partial charge in [0.15, 0.2) is 5.82 Å². The Morgan fingerprint density at radius 3 is 2.64 bits per heavy atom. The number of thiazole rings is 1. The maximum absolute atomic E-state index is 15.0. The van der Waals surface area contributed by atoms with Gasteiger partial charge in [0, 0.05) is 24.7 Å². The van der Waals surface area contributed by atoms with Crippen molar-refractivity contribution in [3.05, 3.63) is 47.4 Å². The number of benzene rings is 2. The van der Waals surface area contributed by atoms with Crippen molar-refractivity contribution >= 4 is 38.5 Å². The summed E-state index contributed by atoms with van der Waals surface area (Å²) < 4.78 is 23.4. The van der Waals surface area contributed by atoms with Gasteiger partial charge >= 0.3 is 6.09 Å². The van der Waals surface area contributed by atoms with Crippen molar-refractivity contribution in [2.75, 3.05) is 13.1 Å². The minimum atomic E-state index is -0.508. The molecule has 0 radical (unpaired) electrons. The Balaban J connectivity index is 1.37. The molecule has 33 heavy (non-hydrogen) atoms. The van der Waals surface area contributed by atoms with Crippen LogP contribution in [0.5, 0.6) is 0 Å². The molecule has 5 rings (SSSR count). The van der Waals surface area contributed by atoms with Gasteiger partial charge in [-0.25, -0.2) is 14.2 Å². The van der Waals surface area contributed by atoms with E-state index in [9.17, 15) is 4.79 Å². The van der Waals surface area contributed by atoms with E-state index < -0.39 is 5.60 Å². The molecule has 0 bridgehead atoms. The van der Waals surface area contributed by atoms with E-state index >= 15 is 4.39 Å². The Hall–Kier alpha value is -3.00. The second kappa shape index (κ2) is 8.09. The Morgan fingerprint density at radius 1 is 1.15 bits per heavy atom. The summed E-state index contributed by atoms with van der Waals surface area (Å²) in [5, 5.41) is 6.35. The largest absolute Gasteiger partial charge is 0.444 e. The van der Waals surface area contributed by atoms with Crippen LogP contribution in [0.2, 0.25) is 0 Å². The first kappa shape index (κ1) is 21.8. The van der Waals surface area contributed by atoms with Gasteiger partial charge in [0.25, 0.3) is 0 Å². The SMILES string of the molecule is Cc1nc2ccc(-c3cc(F)c4nn(C5CCN(C(=O)OC(C)(C)C)CC5)cc4c3)cc2s1. The van der Waals surface area contributed by atoms with Gasteiger partial charge < -0.3 is 9.64 Å². The summed E-state index contributed by atoms with van der Waals surface area (Å²) in [6.07, 6.45) is 3.15. The maximum atomic E-state index is 15.0. The van der Waals surface area contributed by atoms with Crippen LogP contribution in [0.1, 0.15) is 44.7 Å². The number of nitrogens with zero attached hydrogens (tertiary/aromatic N) is 4. The normalized spacial score (nSPS) is 15.5. The van der Waals surface area contributed by atoms with Crippen molar-refractivity contribution in [1.29, 1.82) is 0 Å². The van der Waals surface area contributed by atoms with Crippen molar-refractivity contribution in [3.8, 4) is 11.1 Å². The maximum Gasteiger partial charge on any atom is 0.410 e. The lowest BCUT2D eigenvalue weighted by atomic mass is 10.0. The first-order valence-corrected chi connectivity index (χ1v) is 12.0. The fraction of sp³-hybridized carbons (Fsp3) is 0.400. The van der Waals surface area contributed by atoms with Gasteiger partial charge in [-0.1, -0.05) is 6.07 Å². The summed E-state index contributed by atoms with van der Waals surface area (Å²) >= 11 is 1.64. The second-order valence-electron chi connectivity index (χ2n) is 9.62. The van der Waals surface area contributed by atoms with Crippen molar-refractivity contribution in [2.24, 2.45) is 0 Å². The van der Waals surface area contributed by atoms with Gasteiger partial charge in [0.05, 0.1) is 21.3 Å². The number of aryl methyl sites for hydroxylation is 1. The van der Waals surface area contributed by atoms with Crippen molar-refractivity contribution in [3.63, 3.8) is 0 Å². The van der Waals surface area contributed by atoms with Crippen LogP contribution in [0, 0.1) is 12.7 Å².